The summed E-state index contributed by atoms with van der Waals surface area (Å²) in [6.45, 7) is 1.78. The number of carbonyl (C=O) groups excluding carboxylic acids is 1. The summed E-state index contributed by atoms with van der Waals surface area (Å²) in [4.78, 5) is 13.6. The minimum absolute atomic E-state index is 0.123. The molecule has 0 aromatic heterocycles. The minimum Gasteiger partial charge on any atom is -0.342 e. The van der Waals surface area contributed by atoms with Crippen LogP contribution in [-0.4, -0.2) is 33.9 Å². The topological polar surface area (TPSA) is 37.4 Å². The molecule has 0 aliphatic heterocycles. The third kappa shape index (κ3) is 3.87. The molecule has 0 radical (unpaired) electrons. The summed E-state index contributed by atoms with van der Waals surface area (Å²) >= 11 is 0. The number of hydrogen-bond acceptors (Lipinski definition) is 2. The highest BCUT2D eigenvalue weighted by Gasteiger charge is 2.31. The van der Waals surface area contributed by atoms with E-state index in [0.29, 0.717) is 6.42 Å². The Morgan fingerprint density at radius 2 is 2.10 bits per heavy atom. The van der Waals surface area contributed by atoms with Crippen LogP contribution in [0, 0.1) is 11.6 Å². The largest absolute Gasteiger partial charge is 0.342 e. The zero-order valence-electron chi connectivity index (χ0n) is 12.1. The average Bonchev–Trinajstić information content (AvgIpc) is 3.25. The van der Waals surface area contributed by atoms with Gasteiger partial charge in [0.25, 0.3) is 0 Å². The molecule has 0 bridgehead atoms. The molecule has 2 rings (SSSR count). The van der Waals surface area contributed by atoms with Crippen molar-refractivity contribution >= 4 is 16.7 Å². The first-order valence-corrected chi connectivity index (χ1v) is 8.40. The summed E-state index contributed by atoms with van der Waals surface area (Å²) in [5, 5.41) is -0.595. The van der Waals surface area contributed by atoms with E-state index in [1.807, 2.05) is 0 Å². The lowest BCUT2D eigenvalue weighted by Crippen LogP contribution is -2.33. The number of rotatable bonds is 6. The number of amides is 1. The number of benzene rings is 1. The molecule has 1 fully saturated rings. The van der Waals surface area contributed by atoms with Gasteiger partial charge < -0.3 is 4.90 Å². The minimum atomic E-state index is -1.52. The van der Waals surface area contributed by atoms with E-state index in [1.54, 1.807) is 18.9 Å². The normalized spacial score (nSPS) is 17.3. The first kappa shape index (κ1) is 16.1. The third-order valence-corrected chi connectivity index (χ3v) is 5.50. The van der Waals surface area contributed by atoms with E-state index >= 15 is 0 Å². The Morgan fingerprint density at radius 1 is 1.43 bits per heavy atom. The molecule has 1 saturated carbocycles. The van der Waals surface area contributed by atoms with Crippen molar-refractivity contribution in [3.8, 4) is 0 Å². The molecule has 0 unspecified atom stereocenters. The fourth-order valence-electron chi connectivity index (χ4n) is 2.30. The maximum absolute atomic E-state index is 13.8. The fourth-order valence-corrected chi connectivity index (χ4v) is 3.79. The van der Waals surface area contributed by atoms with Crippen molar-refractivity contribution in [1.82, 2.24) is 4.90 Å². The Bertz CT molecular complexity index is 561. The molecule has 2 atom stereocenters. The van der Waals surface area contributed by atoms with Gasteiger partial charge in [0.2, 0.25) is 5.91 Å². The van der Waals surface area contributed by atoms with Crippen molar-refractivity contribution in [2.45, 2.75) is 37.5 Å². The van der Waals surface area contributed by atoms with Crippen molar-refractivity contribution in [3.05, 3.63) is 35.4 Å². The Hall–Kier alpha value is -1.30. The van der Waals surface area contributed by atoms with E-state index < -0.39 is 27.7 Å². The molecular weight excluding hydrogens is 296 g/mol. The summed E-state index contributed by atoms with van der Waals surface area (Å²) < 4.78 is 39.1. The molecule has 3 nitrogen and oxygen atoms in total. The van der Waals surface area contributed by atoms with Crippen LogP contribution in [0.25, 0.3) is 0 Å². The highest BCUT2D eigenvalue weighted by Crippen LogP contribution is 2.28. The van der Waals surface area contributed by atoms with Gasteiger partial charge in [-0.05, 0) is 25.3 Å². The Morgan fingerprint density at radius 3 is 2.62 bits per heavy atom. The number of hydrogen-bond donors (Lipinski definition) is 0. The van der Waals surface area contributed by atoms with Crippen LogP contribution in [-0.2, 0) is 15.6 Å². The molecule has 1 aliphatic carbocycles. The van der Waals surface area contributed by atoms with Gasteiger partial charge in [-0.1, -0.05) is 13.0 Å². The van der Waals surface area contributed by atoms with Crippen LogP contribution in [0.15, 0.2) is 18.2 Å². The van der Waals surface area contributed by atoms with Gasteiger partial charge in [0, 0.05) is 35.5 Å². The molecule has 0 saturated heterocycles. The fraction of sp³-hybridized carbons (Fsp3) is 0.533. The summed E-state index contributed by atoms with van der Waals surface area (Å²) in [5.74, 6) is -1.68. The molecule has 0 spiro atoms. The molecule has 0 heterocycles. The van der Waals surface area contributed by atoms with E-state index in [2.05, 4.69) is 0 Å². The van der Waals surface area contributed by atoms with Crippen LogP contribution in [0.3, 0.4) is 0 Å². The van der Waals surface area contributed by atoms with Gasteiger partial charge in [0.15, 0.2) is 0 Å². The van der Waals surface area contributed by atoms with Gasteiger partial charge in [-0.2, -0.15) is 0 Å². The van der Waals surface area contributed by atoms with Crippen LogP contribution in [0.4, 0.5) is 8.78 Å². The molecule has 0 N–H and O–H groups in total. The lowest BCUT2D eigenvalue weighted by Gasteiger charge is -2.19. The predicted molar refractivity (Wildman–Crippen MR) is 78.2 cm³/mol. The number of carbonyl (C=O) groups is 1. The standard InChI is InChI=1S/C15H19F2NO2S/c1-3-14(12-7-4-10(16)8-13(12)17)21(20)9-15(19)18(2)11-5-6-11/h4,7-8,11,14H,3,5-6,9H2,1-2H3/t14-,21-/m1/s1. The smallest absolute Gasteiger partial charge is 0.235 e. The van der Waals surface area contributed by atoms with Gasteiger partial charge in [-0.3, -0.25) is 9.00 Å². The zero-order chi connectivity index (χ0) is 15.6. The molecule has 21 heavy (non-hydrogen) atoms. The highest BCUT2D eigenvalue weighted by atomic mass is 32.2. The van der Waals surface area contributed by atoms with Crippen molar-refractivity contribution in [1.29, 1.82) is 0 Å². The van der Waals surface area contributed by atoms with Gasteiger partial charge in [-0.25, -0.2) is 8.78 Å². The molecule has 1 aliphatic rings. The van der Waals surface area contributed by atoms with Crippen molar-refractivity contribution in [3.63, 3.8) is 0 Å². The van der Waals surface area contributed by atoms with E-state index in [1.165, 1.54) is 6.07 Å². The Balaban J connectivity index is 2.09. The van der Waals surface area contributed by atoms with Crippen LogP contribution < -0.4 is 0 Å². The van der Waals surface area contributed by atoms with Crippen LogP contribution in [0.2, 0.25) is 0 Å². The molecule has 1 amide bonds. The molecule has 1 aromatic carbocycles. The second kappa shape index (κ2) is 6.64. The van der Waals surface area contributed by atoms with E-state index in [4.69, 9.17) is 0 Å². The predicted octanol–water partition coefficient (Wildman–Crippen LogP) is 2.79. The van der Waals surface area contributed by atoms with Crippen LogP contribution in [0.5, 0.6) is 0 Å². The van der Waals surface area contributed by atoms with Gasteiger partial charge >= 0.3 is 0 Å². The van der Waals surface area contributed by atoms with E-state index in [9.17, 15) is 17.8 Å². The van der Waals surface area contributed by atoms with Gasteiger partial charge in [-0.15, -0.1) is 0 Å². The SMILES string of the molecule is CC[C@H](c1ccc(F)cc1F)[S@](=O)CC(=O)N(C)C1CC1. The molecule has 6 heteroatoms. The van der Waals surface area contributed by atoms with Crippen LogP contribution >= 0.6 is 0 Å². The molecular formula is C15H19F2NO2S. The molecule has 1 aromatic rings. The first-order chi connectivity index (χ1) is 9.93. The highest BCUT2D eigenvalue weighted by molar-refractivity contribution is 7.86. The van der Waals surface area contributed by atoms with Crippen LogP contribution in [0.1, 0.15) is 37.0 Å². The van der Waals surface area contributed by atoms with Gasteiger partial charge in [0.05, 0.1) is 5.25 Å². The first-order valence-electron chi connectivity index (χ1n) is 7.01. The van der Waals surface area contributed by atoms with Crippen molar-refractivity contribution in [2.24, 2.45) is 0 Å². The third-order valence-electron chi connectivity index (χ3n) is 3.75. The van der Waals surface area contributed by atoms with Crippen molar-refractivity contribution < 1.29 is 17.8 Å². The summed E-state index contributed by atoms with van der Waals surface area (Å²) in [7, 11) is 0.186. The summed E-state index contributed by atoms with van der Waals surface area (Å²) in [5.41, 5.74) is 0.208. The van der Waals surface area contributed by atoms with E-state index in [-0.39, 0.29) is 23.3 Å². The Labute approximate surface area is 125 Å². The zero-order valence-corrected chi connectivity index (χ0v) is 13.0. The summed E-state index contributed by atoms with van der Waals surface area (Å²) in [6, 6.07) is 3.51. The lowest BCUT2D eigenvalue weighted by atomic mass is 10.1. The maximum Gasteiger partial charge on any atom is 0.235 e. The Kier molecular flexibility index (Phi) is 5.08. The van der Waals surface area contributed by atoms with Gasteiger partial charge in [0.1, 0.15) is 17.4 Å². The van der Waals surface area contributed by atoms with Crippen molar-refractivity contribution in [2.75, 3.05) is 12.8 Å². The second-order valence-electron chi connectivity index (χ2n) is 5.32. The maximum atomic E-state index is 13.8. The number of nitrogens with zero attached hydrogens (tertiary/aromatic N) is 1. The molecule has 116 valence electrons. The lowest BCUT2D eigenvalue weighted by molar-refractivity contribution is -0.127. The number of halogens is 2. The van der Waals surface area contributed by atoms with E-state index in [0.717, 1.165) is 25.0 Å². The summed E-state index contributed by atoms with van der Waals surface area (Å²) in [6.07, 6.45) is 2.40. The average molecular weight is 315 g/mol. The monoisotopic (exact) mass is 315 g/mol. The quantitative estimate of drug-likeness (QED) is 0.809. The second-order valence-corrected chi connectivity index (χ2v) is 6.94.